The number of nitrogens with one attached hydrogen (secondary N) is 2. The first-order valence-electron chi connectivity index (χ1n) is 8.99. The predicted molar refractivity (Wildman–Crippen MR) is 110 cm³/mol. The minimum absolute atomic E-state index is 0.00133. The average molecular weight is 409 g/mol. The van der Waals surface area contributed by atoms with Crippen molar-refractivity contribution in [2.75, 3.05) is 5.32 Å². The zero-order valence-corrected chi connectivity index (χ0v) is 17.5. The summed E-state index contributed by atoms with van der Waals surface area (Å²) in [4.78, 5) is 24.9. The molecular weight excluding hydrogens is 384 g/mol. The van der Waals surface area contributed by atoms with Gasteiger partial charge < -0.3 is 5.32 Å². The molecule has 2 rings (SSSR count). The van der Waals surface area contributed by atoms with Crippen molar-refractivity contribution in [1.29, 1.82) is 0 Å². The van der Waals surface area contributed by atoms with E-state index in [-0.39, 0.29) is 23.7 Å². The largest absolute Gasteiger partial charge is 0.344 e. The number of carbonyl (C=O) groups excluding carboxylic acids is 2. The van der Waals surface area contributed by atoms with E-state index in [1.165, 1.54) is 11.3 Å². The number of hydrogen-bond donors (Lipinski definition) is 2. The van der Waals surface area contributed by atoms with Crippen molar-refractivity contribution in [3.05, 3.63) is 29.3 Å². The first-order valence-corrected chi connectivity index (χ1v) is 10.2. The van der Waals surface area contributed by atoms with Crippen LogP contribution in [-0.2, 0) is 9.59 Å². The van der Waals surface area contributed by atoms with Crippen LogP contribution >= 0.6 is 22.9 Å². The Morgan fingerprint density at radius 2 is 1.96 bits per heavy atom. The molecule has 0 aliphatic heterocycles. The number of halogens is 1. The number of rotatable bonds is 8. The van der Waals surface area contributed by atoms with Crippen molar-refractivity contribution in [2.45, 2.75) is 46.6 Å². The summed E-state index contributed by atoms with van der Waals surface area (Å²) in [6, 6.07) is 6.68. The second-order valence-electron chi connectivity index (χ2n) is 6.94. The molecule has 8 heteroatoms. The number of hydrogen-bond acceptors (Lipinski definition) is 5. The lowest BCUT2D eigenvalue weighted by Gasteiger charge is -2.23. The van der Waals surface area contributed by atoms with Crippen molar-refractivity contribution in [3.63, 3.8) is 0 Å². The summed E-state index contributed by atoms with van der Waals surface area (Å²) in [5.74, 6) is -0.173. The van der Waals surface area contributed by atoms with Crippen molar-refractivity contribution in [2.24, 2.45) is 11.8 Å². The van der Waals surface area contributed by atoms with Gasteiger partial charge in [-0.3, -0.25) is 14.9 Å². The summed E-state index contributed by atoms with van der Waals surface area (Å²) in [5.41, 5.74) is 0.837. The molecule has 2 atom stereocenters. The highest BCUT2D eigenvalue weighted by molar-refractivity contribution is 7.18. The molecule has 0 aliphatic carbocycles. The van der Waals surface area contributed by atoms with Gasteiger partial charge in [0.15, 0.2) is 0 Å². The van der Waals surface area contributed by atoms with Crippen LogP contribution in [0, 0.1) is 11.8 Å². The Balaban J connectivity index is 2.09. The van der Waals surface area contributed by atoms with Crippen molar-refractivity contribution in [3.8, 4) is 10.6 Å². The summed E-state index contributed by atoms with van der Waals surface area (Å²) in [5, 5.41) is 15.4. The summed E-state index contributed by atoms with van der Waals surface area (Å²) >= 11 is 7.27. The molecular formula is C19H25ClN4O2S. The third-order valence-corrected chi connectivity index (χ3v) is 5.26. The zero-order valence-electron chi connectivity index (χ0n) is 16.0. The molecule has 1 aromatic carbocycles. The van der Waals surface area contributed by atoms with E-state index in [0.29, 0.717) is 21.6 Å². The van der Waals surface area contributed by atoms with Crippen LogP contribution in [0.15, 0.2) is 24.3 Å². The van der Waals surface area contributed by atoms with Gasteiger partial charge in [-0.2, -0.15) is 0 Å². The van der Waals surface area contributed by atoms with Crippen LogP contribution in [0.2, 0.25) is 5.02 Å². The topological polar surface area (TPSA) is 84.0 Å². The van der Waals surface area contributed by atoms with Gasteiger partial charge in [0.05, 0.1) is 0 Å². The molecule has 0 aliphatic rings. The van der Waals surface area contributed by atoms with Gasteiger partial charge in [-0.05, 0) is 24.0 Å². The van der Waals surface area contributed by atoms with Crippen molar-refractivity contribution >= 4 is 39.9 Å². The Bertz CT molecular complexity index is 794. The van der Waals surface area contributed by atoms with E-state index in [2.05, 4.69) is 20.8 Å². The molecule has 2 aromatic rings. The Hall–Kier alpha value is -1.99. The molecule has 2 amide bonds. The lowest BCUT2D eigenvalue weighted by molar-refractivity contribution is -0.128. The SMILES string of the molecule is CCC(C)C(NC(=O)CC(C)C)C(=O)Nc1nnc(-c2cccc(Cl)c2)s1. The van der Waals surface area contributed by atoms with Crippen LogP contribution in [0.3, 0.4) is 0 Å². The highest BCUT2D eigenvalue weighted by atomic mass is 35.5. The third-order valence-electron chi connectivity index (χ3n) is 4.13. The molecule has 2 unspecified atom stereocenters. The maximum atomic E-state index is 12.7. The molecule has 0 radical (unpaired) electrons. The van der Waals surface area contributed by atoms with E-state index in [4.69, 9.17) is 11.6 Å². The van der Waals surface area contributed by atoms with Gasteiger partial charge in [-0.1, -0.05) is 69.2 Å². The van der Waals surface area contributed by atoms with E-state index in [1.807, 2.05) is 39.8 Å². The minimum Gasteiger partial charge on any atom is -0.344 e. The molecule has 1 aromatic heterocycles. The van der Waals surface area contributed by atoms with Gasteiger partial charge in [0.1, 0.15) is 11.0 Å². The summed E-state index contributed by atoms with van der Waals surface area (Å²) < 4.78 is 0. The monoisotopic (exact) mass is 408 g/mol. The van der Waals surface area contributed by atoms with Crippen LogP contribution < -0.4 is 10.6 Å². The van der Waals surface area contributed by atoms with E-state index >= 15 is 0 Å². The highest BCUT2D eigenvalue weighted by Crippen LogP contribution is 2.28. The van der Waals surface area contributed by atoms with Crippen molar-refractivity contribution in [1.82, 2.24) is 15.5 Å². The number of amides is 2. The van der Waals surface area contributed by atoms with Crippen molar-refractivity contribution < 1.29 is 9.59 Å². The second-order valence-corrected chi connectivity index (χ2v) is 8.35. The lowest BCUT2D eigenvalue weighted by atomic mass is 9.97. The molecule has 0 bridgehead atoms. The van der Waals surface area contributed by atoms with Crippen LogP contribution in [0.4, 0.5) is 5.13 Å². The number of carbonyl (C=O) groups is 2. The third kappa shape index (κ3) is 6.29. The van der Waals surface area contributed by atoms with E-state index in [0.717, 1.165) is 12.0 Å². The number of aromatic nitrogens is 2. The Kier molecular flexibility index (Phi) is 7.74. The lowest BCUT2D eigenvalue weighted by Crippen LogP contribution is -2.47. The Labute approximate surface area is 168 Å². The van der Waals surface area contributed by atoms with Crippen LogP contribution in [0.1, 0.15) is 40.5 Å². The fourth-order valence-electron chi connectivity index (χ4n) is 2.50. The maximum absolute atomic E-state index is 12.7. The van der Waals surface area contributed by atoms with Gasteiger partial charge >= 0.3 is 0 Å². The van der Waals surface area contributed by atoms with Crippen LogP contribution in [0.25, 0.3) is 10.6 Å². The molecule has 0 saturated heterocycles. The fraction of sp³-hybridized carbons (Fsp3) is 0.474. The average Bonchev–Trinajstić information content (AvgIpc) is 3.06. The van der Waals surface area contributed by atoms with Gasteiger partial charge in [0, 0.05) is 17.0 Å². The second kappa shape index (κ2) is 9.80. The van der Waals surface area contributed by atoms with Crippen LogP contribution in [-0.4, -0.2) is 28.1 Å². The molecule has 0 fully saturated rings. The standard InChI is InChI=1S/C19H25ClN4O2S/c1-5-12(4)16(21-15(25)9-11(2)3)17(26)22-19-24-23-18(27-19)13-7-6-8-14(20)10-13/h6-8,10-12,16H,5,9H2,1-4H3,(H,21,25)(H,22,24,26). The smallest absolute Gasteiger partial charge is 0.249 e. The van der Waals surface area contributed by atoms with Crippen LogP contribution in [0.5, 0.6) is 0 Å². The molecule has 1 heterocycles. The first kappa shape index (κ1) is 21.3. The van der Waals surface area contributed by atoms with Gasteiger partial charge in [0.25, 0.3) is 0 Å². The minimum atomic E-state index is -0.611. The van der Waals surface area contributed by atoms with Gasteiger partial charge in [0.2, 0.25) is 16.9 Å². The molecule has 27 heavy (non-hydrogen) atoms. The molecule has 146 valence electrons. The fourth-order valence-corrected chi connectivity index (χ4v) is 3.43. The van der Waals surface area contributed by atoms with E-state index in [9.17, 15) is 9.59 Å². The molecule has 0 saturated carbocycles. The number of benzene rings is 1. The summed E-state index contributed by atoms with van der Waals surface area (Å²) in [6.07, 6.45) is 1.15. The van der Waals surface area contributed by atoms with E-state index in [1.54, 1.807) is 12.1 Å². The van der Waals surface area contributed by atoms with Gasteiger partial charge in [-0.15, -0.1) is 10.2 Å². The molecule has 0 spiro atoms. The Morgan fingerprint density at radius 1 is 1.22 bits per heavy atom. The normalized spacial score (nSPS) is 13.3. The number of nitrogens with zero attached hydrogens (tertiary/aromatic N) is 2. The predicted octanol–water partition coefficient (Wildman–Crippen LogP) is 4.37. The quantitative estimate of drug-likeness (QED) is 0.679. The maximum Gasteiger partial charge on any atom is 0.249 e. The summed E-state index contributed by atoms with van der Waals surface area (Å²) in [7, 11) is 0. The zero-order chi connectivity index (χ0) is 20.0. The highest BCUT2D eigenvalue weighted by Gasteiger charge is 2.27. The van der Waals surface area contributed by atoms with Gasteiger partial charge in [-0.25, -0.2) is 0 Å². The number of anilines is 1. The first-order chi connectivity index (χ1) is 12.8. The molecule has 6 nitrogen and oxygen atoms in total. The molecule has 2 N–H and O–H groups in total. The Morgan fingerprint density at radius 3 is 2.59 bits per heavy atom. The van der Waals surface area contributed by atoms with E-state index < -0.39 is 6.04 Å². The summed E-state index contributed by atoms with van der Waals surface area (Å²) in [6.45, 7) is 7.87.